The van der Waals surface area contributed by atoms with Crippen LogP contribution in [0.2, 0.25) is 0 Å². The number of furan rings is 1. The van der Waals surface area contributed by atoms with E-state index in [0.717, 1.165) is 11.6 Å². The Morgan fingerprint density at radius 2 is 1.87 bits per heavy atom. The summed E-state index contributed by atoms with van der Waals surface area (Å²) in [6, 6.07) is 11.5. The van der Waals surface area contributed by atoms with Gasteiger partial charge >= 0.3 is 0 Å². The summed E-state index contributed by atoms with van der Waals surface area (Å²) in [5.41, 5.74) is 1.61. The van der Waals surface area contributed by atoms with Gasteiger partial charge in [-0.25, -0.2) is 0 Å². The molecule has 1 aliphatic heterocycles. The smallest absolute Gasteiger partial charge is 0.174 e. The number of hydrogen-bond donors (Lipinski definition) is 2. The molecule has 5 heteroatoms. The first kappa shape index (κ1) is 13.5. The Bertz CT molecular complexity index is 909. The standard InChI is InChI=1S/C18H12O5/c19-12-8-14(21)18-13(20)7-11-6-10(15-2-1-5-22-15)3-4-16(11)23-17(18)9-12/h1-6,8-9,19,21H,7H2. The number of phenolic OH excluding ortho intramolecular Hbond substituents is 2. The number of phenols is 2. The molecular formula is C18H12O5. The Morgan fingerprint density at radius 3 is 2.65 bits per heavy atom. The van der Waals surface area contributed by atoms with Crippen molar-refractivity contribution < 1.29 is 24.2 Å². The lowest BCUT2D eigenvalue weighted by Crippen LogP contribution is -2.02. The zero-order valence-corrected chi connectivity index (χ0v) is 11.9. The highest BCUT2D eigenvalue weighted by molar-refractivity contribution is 6.03. The van der Waals surface area contributed by atoms with E-state index in [4.69, 9.17) is 9.15 Å². The maximum atomic E-state index is 12.5. The van der Waals surface area contributed by atoms with Crippen LogP contribution in [0.4, 0.5) is 0 Å². The third-order valence-electron chi connectivity index (χ3n) is 3.78. The molecule has 0 bridgehead atoms. The first-order valence-corrected chi connectivity index (χ1v) is 7.05. The van der Waals surface area contributed by atoms with Crippen LogP contribution in [-0.2, 0) is 6.42 Å². The number of benzene rings is 2. The molecule has 5 nitrogen and oxygen atoms in total. The maximum Gasteiger partial charge on any atom is 0.174 e. The highest BCUT2D eigenvalue weighted by Crippen LogP contribution is 2.41. The van der Waals surface area contributed by atoms with Crippen molar-refractivity contribution in [2.45, 2.75) is 6.42 Å². The number of carbonyl (C=O) groups is 1. The van der Waals surface area contributed by atoms with Crippen molar-refractivity contribution in [1.82, 2.24) is 0 Å². The molecule has 0 amide bonds. The molecule has 0 radical (unpaired) electrons. The lowest BCUT2D eigenvalue weighted by atomic mass is 10.00. The van der Waals surface area contributed by atoms with Crippen molar-refractivity contribution in [3.8, 4) is 34.3 Å². The highest BCUT2D eigenvalue weighted by Gasteiger charge is 2.25. The summed E-state index contributed by atoms with van der Waals surface area (Å²) in [6.45, 7) is 0. The van der Waals surface area contributed by atoms with E-state index in [1.165, 1.54) is 6.07 Å². The fraction of sp³-hybridized carbons (Fsp3) is 0.0556. The molecule has 0 spiro atoms. The van der Waals surface area contributed by atoms with Crippen molar-refractivity contribution in [3.63, 3.8) is 0 Å². The Morgan fingerprint density at radius 1 is 1.00 bits per heavy atom. The second kappa shape index (κ2) is 4.91. The SMILES string of the molecule is O=C1Cc2cc(-c3ccco3)ccc2Oc2cc(O)cc(O)c21. The molecule has 2 aromatic carbocycles. The summed E-state index contributed by atoms with van der Waals surface area (Å²) in [7, 11) is 0. The third-order valence-corrected chi connectivity index (χ3v) is 3.78. The molecule has 4 rings (SSSR count). The first-order chi connectivity index (χ1) is 11.1. The van der Waals surface area contributed by atoms with Crippen molar-refractivity contribution >= 4 is 5.78 Å². The summed E-state index contributed by atoms with van der Waals surface area (Å²) in [5, 5.41) is 19.5. The zero-order valence-electron chi connectivity index (χ0n) is 11.9. The summed E-state index contributed by atoms with van der Waals surface area (Å²) in [5.74, 6) is 0.638. The van der Waals surface area contributed by atoms with E-state index >= 15 is 0 Å². The Kier molecular flexibility index (Phi) is 2.87. The van der Waals surface area contributed by atoms with Gasteiger partial charge in [-0.15, -0.1) is 0 Å². The number of Topliss-reactive ketones (excluding diaryl/α,β-unsaturated/α-hetero) is 1. The van der Waals surface area contributed by atoms with Gasteiger partial charge in [0.2, 0.25) is 0 Å². The minimum absolute atomic E-state index is 0.0820. The Labute approximate surface area is 131 Å². The van der Waals surface area contributed by atoms with E-state index in [1.54, 1.807) is 18.4 Å². The van der Waals surface area contributed by atoms with Crippen LogP contribution in [0.15, 0.2) is 53.1 Å². The molecule has 0 atom stereocenters. The van der Waals surface area contributed by atoms with Gasteiger partial charge in [0, 0.05) is 29.7 Å². The minimum Gasteiger partial charge on any atom is -0.508 e. The summed E-state index contributed by atoms with van der Waals surface area (Å²) >= 11 is 0. The molecule has 114 valence electrons. The van der Waals surface area contributed by atoms with Gasteiger partial charge in [0.1, 0.15) is 34.3 Å². The monoisotopic (exact) mass is 308 g/mol. The topological polar surface area (TPSA) is 79.9 Å². The Balaban J connectivity index is 1.83. The van der Waals surface area contributed by atoms with Gasteiger partial charge in [-0.1, -0.05) is 0 Å². The molecule has 3 aromatic rings. The number of carbonyl (C=O) groups excluding carboxylic acids is 1. The second-order valence-electron chi connectivity index (χ2n) is 5.34. The van der Waals surface area contributed by atoms with E-state index < -0.39 is 0 Å². The van der Waals surface area contributed by atoms with E-state index in [1.807, 2.05) is 18.2 Å². The molecule has 0 saturated heterocycles. The number of ether oxygens (including phenoxy) is 1. The normalized spacial score (nSPS) is 13.0. The fourth-order valence-electron chi connectivity index (χ4n) is 2.74. The van der Waals surface area contributed by atoms with Gasteiger partial charge in [-0.05, 0) is 30.3 Å². The Hall–Kier alpha value is -3.21. The highest BCUT2D eigenvalue weighted by atomic mass is 16.5. The van der Waals surface area contributed by atoms with Crippen LogP contribution < -0.4 is 4.74 Å². The van der Waals surface area contributed by atoms with Crippen molar-refractivity contribution in [2.75, 3.05) is 0 Å². The maximum absolute atomic E-state index is 12.5. The van der Waals surface area contributed by atoms with Crippen LogP contribution in [0.25, 0.3) is 11.3 Å². The van der Waals surface area contributed by atoms with Crippen LogP contribution in [0.1, 0.15) is 15.9 Å². The molecule has 0 unspecified atom stereocenters. The third kappa shape index (κ3) is 2.23. The lowest BCUT2D eigenvalue weighted by Gasteiger charge is -2.10. The van der Waals surface area contributed by atoms with Gasteiger partial charge in [-0.3, -0.25) is 4.79 Å². The van der Waals surface area contributed by atoms with Crippen molar-refractivity contribution in [1.29, 1.82) is 0 Å². The zero-order chi connectivity index (χ0) is 16.0. The summed E-state index contributed by atoms with van der Waals surface area (Å²) < 4.78 is 11.1. The second-order valence-corrected chi connectivity index (χ2v) is 5.34. The van der Waals surface area contributed by atoms with Gasteiger partial charge in [0.25, 0.3) is 0 Å². The van der Waals surface area contributed by atoms with Gasteiger partial charge in [0.05, 0.1) is 6.26 Å². The number of fused-ring (bicyclic) bond motifs is 2. The molecule has 23 heavy (non-hydrogen) atoms. The quantitative estimate of drug-likeness (QED) is 0.713. The van der Waals surface area contributed by atoms with Gasteiger partial charge < -0.3 is 19.4 Å². The predicted molar refractivity (Wildman–Crippen MR) is 82.0 cm³/mol. The molecular weight excluding hydrogens is 296 g/mol. The molecule has 1 aliphatic rings. The lowest BCUT2D eigenvalue weighted by molar-refractivity contribution is 0.0991. The van der Waals surface area contributed by atoms with Crippen molar-refractivity contribution in [2.24, 2.45) is 0 Å². The minimum atomic E-state index is -0.288. The fourth-order valence-corrected chi connectivity index (χ4v) is 2.74. The predicted octanol–water partition coefficient (Wildman–Crippen LogP) is 3.89. The molecule has 2 N–H and O–H groups in total. The van der Waals surface area contributed by atoms with Crippen LogP contribution in [0, 0.1) is 0 Å². The van der Waals surface area contributed by atoms with E-state index in [9.17, 15) is 15.0 Å². The van der Waals surface area contributed by atoms with Crippen molar-refractivity contribution in [3.05, 3.63) is 59.9 Å². The number of rotatable bonds is 1. The molecule has 0 fully saturated rings. The number of hydrogen-bond acceptors (Lipinski definition) is 5. The number of aromatic hydroxyl groups is 2. The summed E-state index contributed by atoms with van der Waals surface area (Å²) in [6.07, 6.45) is 1.68. The van der Waals surface area contributed by atoms with Crippen LogP contribution in [0.5, 0.6) is 23.0 Å². The van der Waals surface area contributed by atoms with Gasteiger partial charge in [-0.2, -0.15) is 0 Å². The molecule has 1 aromatic heterocycles. The van der Waals surface area contributed by atoms with E-state index in [0.29, 0.717) is 17.1 Å². The van der Waals surface area contributed by atoms with E-state index in [2.05, 4.69) is 0 Å². The van der Waals surface area contributed by atoms with Gasteiger partial charge in [0.15, 0.2) is 5.78 Å². The molecule has 0 aliphatic carbocycles. The van der Waals surface area contributed by atoms with Crippen LogP contribution in [-0.4, -0.2) is 16.0 Å². The average Bonchev–Trinajstić information content (AvgIpc) is 2.98. The average molecular weight is 308 g/mol. The number of ketones is 1. The largest absolute Gasteiger partial charge is 0.508 e. The molecule has 0 saturated carbocycles. The van der Waals surface area contributed by atoms with Crippen LogP contribution in [0.3, 0.4) is 0 Å². The summed E-state index contributed by atoms with van der Waals surface area (Å²) in [4.78, 5) is 12.5. The van der Waals surface area contributed by atoms with Crippen LogP contribution >= 0.6 is 0 Å². The molecule has 2 heterocycles. The first-order valence-electron chi connectivity index (χ1n) is 7.05. The van der Waals surface area contributed by atoms with E-state index in [-0.39, 0.29) is 35.0 Å².